The van der Waals surface area contributed by atoms with Gasteiger partial charge < -0.3 is 5.32 Å². The molecule has 0 aliphatic heterocycles. The molecular weight excluding hydrogens is 366 g/mol. The van der Waals surface area contributed by atoms with Gasteiger partial charge in [-0.3, -0.25) is 4.79 Å². The fourth-order valence-electron chi connectivity index (χ4n) is 3.24. The van der Waals surface area contributed by atoms with Crippen LogP contribution in [-0.2, 0) is 11.2 Å². The number of aromatic amines is 1. The van der Waals surface area contributed by atoms with E-state index in [2.05, 4.69) is 28.5 Å². The number of fused-ring (bicyclic) bond motifs is 1. The number of carbonyl (C=O) groups excluding carboxylic acids is 1. The molecular formula is C23H22N3OS+. The molecule has 0 aliphatic carbocycles. The molecule has 0 fully saturated rings. The van der Waals surface area contributed by atoms with E-state index in [0.717, 1.165) is 45.0 Å². The van der Waals surface area contributed by atoms with E-state index in [9.17, 15) is 4.79 Å². The number of rotatable bonds is 6. The highest BCUT2D eigenvalue weighted by Gasteiger charge is 2.14. The molecule has 2 N–H and O–H groups in total. The molecule has 0 atom stereocenters. The Morgan fingerprint density at radius 2 is 1.93 bits per heavy atom. The SMILES string of the molecule is Cc1c(NC(=O)CCCc2ccccc2)cccc1-c1nc2ccc[nH+]c2s1. The Morgan fingerprint density at radius 1 is 1.07 bits per heavy atom. The van der Waals surface area contributed by atoms with Crippen LogP contribution in [0.5, 0.6) is 0 Å². The normalized spacial score (nSPS) is 10.9. The smallest absolute Gasteiger partial charge is 0.287 e. The monoisotopic (exact) mass is 388 g/mol. The first-order valence-corrected chi connectivity index (χ1v) is 10.2. The molecule has 2 aromatic carbocycles. The maximum atomic E-state index is 12.4. The number of hydrogen-bond donors (Lipinski definition) is 1. The van der Waals surface area contributed by atoms with Crippen LogP contribution in [0.3, 0.4) is 0 Å². The molecule has 0 saturated heterocycles. The van der Waals surface area contributed by atoms with Gasteiger partial charge in [0.2, 0.25) is 5.91 Å². The second-order valence-corrected chi connectivity index (χ2v) is 7.77. The van der Waals surface area contributed by atoms with Crippen molar-refractivity contribution >= 4 is 33.3 Å². The average molecular weight is 389 g/mol. The first-order chi connectivity index (χ1) is 13.7. The number of hydrogen-bond acceptors (Lipinski definition) is 3. The molecule has 0 radical (unpaired) electrons. The number of aryl methyl sites for hydroxylation is 1. The van der Waals surface area contributed by atoms with Crippen molar-refractivity contribution in [3.05, 3.63) is 78.0 Å². The molecule has 4 rings (SSSR count). The number of aromatic nitrogens is 2. The van der Waals surface area contributed by atoms with Crippen LogP contribution in [0.15, 0.2) is 66.9 Å². The first kappa shape index (κ1) is 18.3. The van der Waals surface area contributed by atoms with E-state index >= 15 is 0 Å². The molecule has 2 heterocycles. The second-order valence-electron chi connectivity index (χ2n) is 6.77. The molecule has 0 saturated carbocycles. The molecule has 0 unspecified atom stereocenters. The van der Waals surface area contributed by atoms with Crippen molar-refractivity contribution in [2.24, 2.45) is 0 Å². The van der Waals surface area contributed by atoms with E-state index in [1.165, 1.54) is 5.56 Å². The molecule has 140 valence electrons. The summed E-state index contributed by atoms with van der Waals surface area (Å²) in [6.07, 6.45) is 4.16. The van der Waals surface area contributed by atoms with Crippen LogP contribution < -0.4 is 10.3 Å². The predicted octanol–water partition coefficient (Wildman–Crippen LogP) is 5.05. The van der Waals surface area contributed by atoms with Gasteiger partial charge in [0, 0.05) is 23.7 Å². The van der Waals surface area contributed by atoms with Gasteiger partial charge >= 0.3 is 0 Å². The number of amides is 1. The zero-order valence-electron chi connectivity index (χ0n) is 15.7. The number of carbonyl (C=O) groups is 1. The minimum Gasteiger partial charge on any atom is -0.326 e. The third-order valence-corrected chi connectivity index (χ3v) is 5.80. The van der Waals surface area contributed by atoms with E-state index in [-0.39, 0.29) is 5.91 Å². The Balaban J connectivity index is 1.45. The van der Waals surface area contributed by atoms with Crippen LogP contribution >= 0.6 is 11.3 Å². The van der Waals surface area contributed by atoms with Crippen LogP contribution in [-0.4, -0.2) is 10.9 Å². The van der Waals surface area contributed by atoms with Crippen molar-refractivity contribution < 1.29 is 9.78 Å². The van der Waals surface area contributed by atoms with Gasteiger partial charge in [0.15, 0.2) is 6.20 Å². The van der Waals surface area contributed by atoms with Gasteiger partial charge in [-0.1, -0.05) is 42.5 Å². The van der Waals surface area contributed by atoms with Crippen molar-refractivity contribution in [3.8, 4) is 10.6 Å². The summed E-state index contributed by atoms with van der Waals surface area (Å²) >= 11 is 1.62. The quantitative estimate of drug-likeness (QED) is 0.503. The predicted molar refractivity (Wildman–Crippen MR) is 114 cm³/mol. The van der Waals surface area contributed by atoms with Gasteiger partial charge in [0.1, 0.15) is 10.5 Å². The first-order valence-electron chi connectivity index (χ1n) is 9.42. The molecule has 0 spiro atoms. The summed E-state index contributed by atoms with van der Waals surface area (Å²) in [5.41, 5.74) is 5.17. The van der Waals surface area contributed by atoms with E-state index in [0.29, 0.717) is 6.42 Å². The summed E-state index contributed by atoms with van der Waals surface area (Å²) in [4.78, 5) is 21.4. The second kappa shape index (κ2) is 8.31. The molecule has 1 amide bonds. The highest BCUT2D eigenvalue weighted by Crippen LogP contribution is 2.33. The van der Waals surface area contributed by atoms with Crippen molar-refractivity contribution in [3.63, 3.8) is 0 Å². The number of pyridine rings is 1. The van der Waals surface area contributed by atoms with Gasteiger partial charge in [0.25, 0.3) is 4.83 Å². The van der Waals surface area contributed by atoms with Crippen LogP contribution in [0.4, 0.5) is 5.69 Å². The lowest BCUT2D eigenvalue weighted by molar-refractivity contribution is -0.341. The number of anilines is 1. The van der Waals surface area contributed by atoms with E-state index in [1.807, 2.05) is 55.6 Å². The van der Waals surface area contributed by atoms with Gasteiger partial charge in [0.05, 0.1) is 0 Å². The van der Waals surface area contributed by atoms with Crippen LogP contribution in [0.25, 0.3) is 20.9 Å². The van der Waals surface area contributed by atoms with Gasteiger partial charge in [-0.15, -0.1) is 0 Å². The Kier molecular flexibility index (Phi) is 5.44. The topological polar surface area (TPSA) is 56.1 Å². The summed E-state index contributed by atoms with van der Waals surface area (Å²) in [5, 5.41) is 4.02. The number of nitrogens with zero attached hydrogens (tertiary/aromatic N) is 1. The molecule has 0 aliphatic rings. The Hall–Kier alpha value is -3.05. The zero-order valence-corrected chi connectivity index (χ0v) is 16.6. The Labute approximate surface area is 168 Å². The number of H-pyrrole nitrogens is 1. The zero-order chi connectivity index (χ0) is 19.3. The highest BCUT2D eigenvalue weighted by molar-refractivity contribution is 7.20. The number of benzene rings is 2. The summed E-state index contributed by atoms with van der Waals surface area (Å²) in [6.45, 7) is 2.03. The largest absolute Gasteiger partial charge is 0.326 e. The Morgan fingerprint density at radius 3 is 2.75 bits per heavy atom. The summed E-state index contributed by atoms with van der Waals surface area (Å²) in [6, 6.07) is 20.2. The van der Waals surface area contributed by atoms with Crippen molar-refractivity contribution in [1.29, 1.82) is 0 Å². The van der Waals surface area contributed by atoms with Crippen LogP contribution in [0.2, 0.25) is 0 Å². The Bertz CT molecular complexity index is 1070. The molecule has 0 bridgehead atoms. The summed E-state index contributed by atoms with van der Waals surface area (Å²) in [5.74, 6) is 0.0498. The maximum Gasteiger partial charge on any atom is 0.287 e. The van der Waals surface area contributed by atoms with E-state index in [1.54, 1.807) is 11.3 Å². The molecule has 4 nitrogen and oxygen atoms in total. The van der Waals surface area contributed by atoms with Crippen molar-refractivity contribution in [1.82, 2.24) is 4.98 Å². The van der Waals surface area contributed by atoms with Crippen LogP contribution in [0, 0.1) is 6.92 Å². The molecule has 4 aromatic rings. The molecule has 2 aromatic heterocycles. The average Bonchev–Trinajstić information content (AvgIpc) is 3.14. The van der Waals surface area contributed by atoms with Crippen molar-refractivity contribution in [2.45, 2.75) is 26.2 Å². The van der Waals surface area contributed by atoms with Gasteiger partial charge in [-0.25, -0.2) is 9.97 Å². The number of nitrogens with one attached hydrogen (secondary N) is 2. The molecule has 28 heavy (non-hydrogen) atoms. The minimum atomic E-state index is 0.0498. The standard InChI is InChI=1S/C23H21N3OS/c1-16-18(22-26-20-13-7-15-24-23(20)28-22)11-6-12-19(16)25-21(27)14-5-10-17-8-3-2-4-9-17/h2-4,6-9,11-13,15H,5,10,14H2,1H3,(H,25,27)/p+1. The van der Waals surface area contributed by atoms with E-state index in [4.69, 9.17) is 4.98 Å². The van der Waals surface area contributed by atoms with Crippen molar-refractivity contribution in [2.75, 3.05) is 5.32 Å². The summed E-state index contributed by atoms with van der Waals surface area (Å²) < 4.78 is 0. The lowest BCUT2D eigenvalue weighted by atomic mass is 10.1. The fourth-order valence-corrected chi connectivity index (χ4v) is 4.25. The van der Waals surface area contributed by atoms with Gasteiger partial charge in [-0.05, 0) is 54.4 Å². The fraction of sp³-hybridized carbons (Fsp3) is 0.174. The maximum absolute atomic E-state index is 12.4. The summed E-state index contributed by atoms with van der Waals surface area (Å²) in [7, 11) is 0. The lowest BCUT2D eigenvalue weighted by Gasteiger charge is -2.11. The van der Waals surface area contributed by atoms with Gasteiger partial charge in [-0.2, -0.15) is 0 Å². The molecule has 5 heteroatoms. The number of thiazole rings is 1. The lowest BCUT2D eigenvalue weighted by Crippen LogP contribution is -2.12. The minimum absolute atomic E-state index is 0.0498. The third-order valence-electron chi connectivity index (χ3n) is 4.77. The highest BCUT2D eigenvalue weighted by atomic mass is 32.1. The van der Waals surface area contributed by atoms with Crippen LogP contribution in [0.1, 0.15) is 24.0 Å². The van der Waals surface area contributed by atoms with E-state index < -0.39 is 0 Å². The third kappa shape index (κ3) is 4.10.